The first-order valence-corrected chi connectivity index (χ1v) is 10.0. The number of nitrogens with zero attached hydrogens (tertiary/aromatic N) is 3. The number of methoxy groups -OCH3 is 1. The van der Waals surface area contributed by atoms with Crippen molar-refractivity contribution < 1.29 is 18.8 Å². The van der Waals surface area contributed by atoms with Crippen molar-refractivity contribution in [2.24, 2.45) is 0 Å². The molecule has 0 aliphatic carbocycles. The molecule has 1 heterocycles. The molecule has 0 atom stereocenters. The Labute approximate surface area is 181 Å². The van der Waals surface area contributed by atoms with E-state index in [0.29, 0.717) is 43.1 Å². The van der Waals surface area contributed by atoms with Crippen molar-refractivity contribution in [3.05, 3.63) is 65.5 Å². The molecular weight excluding hydrogens is 396 g/mol. The lowest BCUT2D eigenvalue weighted by atomic mass is 10.1. The summed E-state index contributed by atoms with van der Waals surface area (Å²) in [6.07, 6.45) is 1.53. The third-order valence-corrected chi connectivity index (χ3v) is 4.89. The molecule has 1 aromatic heterocycles. The predicted octanol–water partition coefficient (Wildman–Crippen LogP) is 3.09. The maximum atomic E-state index is 12.4. The summed E-state index contributed by atoms with van der Waals surface area (Å²) in [6.45, 7) is 0.481. The number of aryl methyl sites for hydroxylation is 1. The van der Waals surface area contributed by atoms with Crippen molar-refractivity contribution in [1.82, 2.24) is 20.4 Å². The molecule has 0 aliphatic heterocycles. The minimum absolute atomic E-state index is 0.0327. The number of ether oxygens (including phenoxy) is 1. The minimum atomic E-state index is -0.132. The standard InChI is InChI=1S/C23H26N4O4/c1-24-23(29)18-9-7-16(8-10-18)15-27(2)21(28)6-4-5-20-25-22(26-31-20)17-11-13-19(30-3)14-12-17/h7-14H,4-6,15H2,1-3H3,(H,24,29). The van der Waals surface area contributed by atoms with E-state index in [4.69, 9.17) is 9.26 Å². The first kappa shape index (κ1) is 22.0. The maximum absolute atomic E-state index is 12.4. The predicted molar refractivity (Wildman–Crippen MR) is 116 cm³/mol. The van der Waals surface area contributed by atoms with Gasteiger partial charge in [-0.3, -0.25) is 9.59 Å². The van der Waals surface area contributed by atoms with Crippen LogP contribution >= 0.6 is 0 Å². The Morgan fingerprint density at radius 2 is 1.81 bits per heavy atom. The van der Waals surface area contributed by atoms with Gasteiger partial charge in [-0.25, -0.2) is 0 Å². The zero-order chi connectivity index (χ0) is 22.2. The Morgan fingerprint density at radius 1 is 1.10 bits per heavy atom. The number of nitrogens with one attached hydrogen (secondary N) is 1. The zero-order valence-electron chi connectivity index (χ0n) is 17.9. The quantitative estimate of drug-likeness (QED) is 0.569. The van der Waals surface area contributed by atoms with Crippen LogP contribution in [-0.4, -0.2) is 48.1 Å². The number of aromatic nitrogens is 2. The van der Waals surface area contributed by atoms with Gasteiger partial charge in [-0.2, -0.15) is 4.98 Å². The summed E-state index contributed by atoms with van der Waals surface area (Å²) in [5, 5.41) is 6.59. The van der Waals surface area contributed by atoms with Gasteiger partial charge in [0.15, 0.2) is 0 Å². The lowest BCUT2D eigenvalue weighted by Crippen LogP contribution is -2.26. The molecule has 3 rings (SSSR count). The first-order valence-electron chi connectivity index (χ1n) is 10.0. The van der Waals surface area contributed by atoms with Gasteiger partial charge in [0.05, 0.1) is 7.11 Å². The number of amides is 2. The van der Waals surface area contributed by atoms with Gasteiger partial charge < -0.3 is 19.5 Å². The molecule has 1 N–H and O–H groups in total. The molecule has 0 spiro atoms. The topological polar surface area (TPSA) is 97.6 Å². The number of rotatable bonds is 9. The first-order chi connectivity index (χ1) is 15.0. The minimum Gasteiger partial charge on any atom is -0.497 e. The highest BCUT2D eigenvalue weighted by Crippen LogP contribution is 2.20. The van der Waals surface area contributed by atoms with Crippen LogP contribution in [0.2, 0.25) is 0 Å². The molecule has 0 unspecified atom stereocenters. The van der Waals surface area contributed by atoms with Gasteiger partial charge in [0, 0.05) is 44.6 Å². The summed E-state index contributed by atoms with van der Waals surface area (Å²) in [5.41, 5.74) is 2.40. The van der Waals surface area contributed by atoms with E-state index in [9.17, 15) is 9.59 Å². The number of hydrogen-bond donors (Lipinski definition) is 1. The van der Waals surface area contributed by atoms with Gasteiger partial charge in [-0.1, -0.05) is 17.3 Å². The summed E-state index contributed by atoms with van der Waals surface area (Å²) in [6, 6.07) is 14.6. The highest BCUT2D eigenvalue weighted by atomic mass is 16.5. The molecule has 31 heavy (non-hydrogen) atoms. The number of carbonyl (C=O) groups excluding carboxylic acids is 2. The molecule has 8 heteroatoms. The van der Waals surface area contributed by atoms with E-state index in [1.54, 1.807) is 38.2 Å². The van der Waals surface area contributed by atoms with Crippen molar-refractivity contribution >= 4 is 11.8 Å². The van der Waals surface area contributed by atoms with E-state index in [0.717, 1.165) is 16.9 Å². The SMILES string of the molecule is CNC(=O)c1ccc(CN(C)C(=O)CCCc2nc(-c3ccc(OC)cc3)no2)cc1. The third-order valence-electron chi connectivity index (χ3n) is 4.89. The van der Waals surface area contributed by atoms with E-state index >= 15 is 0 Å². The van der Waals surface area contributed by atoms with Crippen molar-refractivity contribution in [2.45, 2.75) is 25.8 Å². The summed E-state index contributed by atoms with van der Waals surface area (Å²) in [5.74, 6) is 1.68. The van der Waals surface area contributed by atoms with Crippen molar-refractivity contribution in [3.8, 4) is 17.1 Å². The van der Waals surface area contributed by atoms with Crippen molar-refractivity contribution in [3.63, 3.8) is 0 Å². The normalized spacial score (nSPS) is 10.5. The lowest BCUT2D eigenvalue weighted by molar-refractivity contribution is -0.130. The smallest absolute Gasteiger partial charge is 0.251 e. The molecule has 162 valence electrons. The fraction of sp³-hybridized carbons (Fsp3) is 0.304. The highest BCUT2D eigenvalue weighted by Gasteiger charge is 2.13. The fourth-order valence-corrected chi connectivity index (χ4v) is 3.06. The molecule has 0 saturated carbocycles. The Balaban J connectivity index is 1.46. The van der Waals surface area contributed by atoms with E-state index < -0.39 is 0 Å². The third kappa shape index (κ3) is 5.91. The number of benzene rings is 2. The molecule has 0 aliphatic rings. The molecule has 0 fully saturated rings. The van der Waals surface area contributed by atoms with Gasteiger partial charge in [0.2, 0.25) is 17.6 Å². The van der Waals surface area contributed by atoms with Crippen LogP contribution < -0.4 is 10.1 Å². The number of hydrogen-bond acceptors (Lipinski definition) is 6. The monoisotopic (exact) mass is 422 g/mol. The van der Waals surface area contributed by atoms with Gasteiger partial charge in [0.25, 0.3) is 5.91 Å². The van der Waals surface area contributed by atoms with E-state index in [1.165, 1.54) is 0 Å². The molecule has 2 amide bonds. The van der Waals surface area contributed by atoms with E-state index in [1.807, 2.05) is 36.4 Å². The molecule has 2 aromatic carbocycles. The zero-order valence-corrected chi connectivity index (χ0v) is 17.9. The van der Waals surface area contributed by atoms with Crippen LogP contribution in [0.3, 0.4) is 0 Å². The Bertz CT molecular complexity index is 1010. The molecule has 8 nitrogen and oxygen atoms in total. The van der Waals surface area contributed by atoms with Crippen LogP contribution in [0.1, 0.15) is 34.7 Å². The number of carbonyl (C=O) groups is 2. The second-order valence-corrected chi connectivity index (χ2v) is 7.12. The van der Waals surface area contributed by atoms with Gasteiger partial charge in [-0.05, 0) is 48.4 Å². The highest BCUT2D eigenvalue weighted by molar-refractivity contribution is 5.93. The second-order valence-electron chi connectivity index (χ2n) is 7.12. The summed E-state index contributed by atoms with van der Waals surface area (Å²) >= 11 is 0. The van der Waals surface area contributed by atoms with Gasteiger partial charge >= 0.3 is 0 Å². The molecular formula is C23H26N4O4. The van der Waals surface area contributed by atoms with Crippen LogP contribution in [0.5, 0.6) is 5.75 Å². The fourth-order valence-electron chi connectivity index (χ4n) is 3.06. The molecule has 0 bridgehead atoms. The van der Waals surface area contributed by atoms with Crippen LogP contribution in [0.15, 0.2) is 53.1 Å². The van der Waals surface area contributed by atoms with Crippen LogP contribution in [0.4, 0.5) is 0 Å². The van der Waals surface area contributed by atoms with Crippen LogP contribution in [0.25, 0.3) is 11.4 Å². The Morgan fingerprint density at radius 3 is 2.45 bits per heavy atom. The van der Waals surface area contributed by atoms with E-state index in [2.05, 4.69) is 15.5 Å². The average molecular weight is 422 g/mol. The summed E-state index contributed by atoms with van der Waals surface area (Å²) in [7, 11) is 4.98. The summed E-state index contributed by atoms with van der Waals surface area (Å²) < 4.78 is 10.4. The van der Waals surface area contributed by atoms with Gasteiger partial charge in [-0.15, -0.1) is 0 Å². The van der Waals surface area contributed by atoms with Gasteiger partial charge in [0.1, 0.15) is 5.75 Å². The Kier molecular flexibility index (Phi) is 7.37. The second kappa shape index (κ2) is 10.4. The van der Waals surface area contributed by atoms with Crippen LogP contribution in [0, 0.1) is 0 Å². The molecule has 0 radical (unpaired) electrons. The lowest BCUT2D eigenvalue weighted by Gasteiger charge is -2.17. The van der Waals surface area contributed by atoms with E-state index in [-0.39, 0.29) is 11.8 Å². The maximum Gasteiger partial charge on any atom is 0.251 e. The van der Waals surface area contributed by atoms with Crippen LogP contribution in [-0.2, 0) is 17.8 Å². The summed E-state index contributed by atoms with van der Waals surface area (Å²) in [4.78, 5) is 30.1. The van der Waals surface area contributed by atoms with Crippen molar-refractivity contribution in [2.75, 3.05) is 21.2 Å². The molecule has 3 aromatic rings. The average Bonchev–Trinajstić information content (AvgIpc) is 3.28. The largest absolute Gasteiger partial charge is 0.497 e. The molecule has 0 saturated heterocycles. The Hall–Kier alpha value is -3.68. The van der Waals surface area contributed by atoms with Crippen molar-refractivity contribution in [1.29, 1.82) is 0 Å².